The summed E-state index contributed by atoms with van der Waals surface area (Å²) in [7, 11) is 0. The lowest BCUT2D eigenvalue weighted by Gasteiger charge is -2.50. The summed E-state index contributed by atoms with van der Waals surface area (Å²) in [4.78, 5) is 31.1. The molecule has 198 valence electrons. The first-order valence-electron chi connectivity index (χ1n) is 12.0. The van der Waals surface area contributed by atoms with Crippen molar-refractivity contribution < 1.29 is 32.4 Å². The van der Waals surface area contributed by atoms with Crippen LogP contribution in [0, 0.1) is 6.92 Å². The van der Waals surface area contributed by atoms with Gasteiger partial charge in [0.05, 0.1) is 17.4 Å². The van der Waals surface area contributed by atoms with Gasteiger partial charge in [-0.1, -0.05) is 42.4 Å². The van der Waals surface area contributed by atoms with Crippen LogP contribution in [0.5, 0.6) is 0 Å². The second-order valence-corrected chi connectivity index (χ2v) is 9.01. The Kier molecular flexibility index (Phi) is 7.39. The molecule has 2 aliphatic rings. The van der Waals surface area contributed by atoms with Gasteiger partial charge in [0.25, 0.3) is 5.91 Å². The Bertz CT molecular complexity index is 1250. The lowest BCUT2D eigenvalue weighted by Crippen LogP contribution is -2.58. The fourth-order valence-corrected chi connectivity index (χ4v) is 5.10. The van der Waals surface area contributed by atoms with Crippen molar-refractivity contribution in [3.8, 4) is 11.3 Å². The van der Waals surface area contributed by atoms with Crippen LogP contribution in [0.3, 0.4) is 0 Å². The van der Waals surface area contributed by atoms with Gasteiger partial charge in [0.15, 0.2) is 5.69 Å². The summed E-state index contributed by atoms with van der Waals surface area (Å²) in [5.74, 6) is -1.01. The molecule has 0 bridgehead atoms. The lowest BCUT2D eigenvalue weighted by atomic mass is 9.83. The molecule has 37 heavy (non-hydrogen) atoms. The molecule has 9 nitrogen and oxygen atoms in total. The number of hydrogen-bond acceptors (Lipinski definition) is 6. The van der Waals surface area contributed by atoms with Crippen molar-refractivity contribution >= 4 is 11.9 Å². The number of fused-ring (bicyclic) bond motifs is 2. The Morgan fingerprint density at radius 3 is 2.30 bits per heavy atom. The monoisotopic (exact) mass is 519 g/mol. The molecule has 0 saturated carbocycles. The second-order valence-electron chi connectivity index (χ2n) is 9.01. The summed E-state index contributed by atoms with van der Waals surface area (Å²) in [6.45, 7) is 8.31. The van der Waals surface area contributed by atoms with E-state index in [4.69, 9.17) is 19.4 Å². The maximum atomic E-state index is 12.8. The average Bonchev–Trinajstić information content (AvgIpc) is 3.52. The van der Waals surface area contributed by atoms with Crippen LogP contribution >= 0.6 is 0 Å². The molecular weight excluding hydrogens is 491 g/mol. The van der Waals surface area contributed by atoms with Gasteiger partial charge in [0, 0.05) is 32.2 Å². The standard InChI is InChI=1S/C23H27N5O2.C2HF3O2/c1-3-27-13-14-28-20(18-7-5-4-6-8-18)16-24-22(28)23(27)9-11-26(12-10-23)21(29)19-15-17(2)30-25-19;3-2(4,5)1(6)7/h4-8,15-16H,3,9-14H2,1-2H3;(H,6,7). The topological polar surface area (TPSA) is 105 Å². The normalized spacial score (nSPS) is 17.2. The fraction of sp³-hybridized carbons (Fsp3) is 0.440. The molecule has 2 aliphatic heterocycles. The number of piperidine rings is 1. The number of carboxylic acids is 1. The number of likely N-dealkylation sites (N-methyl/N-ethyl adjacent to an activating group) is 1. The summed E-state index contributed by atoms with van der Waals surface area (Å²) in [6.07, 6.45) is -1.33. The number of aliphatic carboxylic acids is 1. The summed E-state index contributed by atoms with van der Waals surface area (Å²) in [5, 5.41) is 11.0. The number of rotatable bonds is 3. The molecule has 3 aromatic rings. The van der Waals surface area contributed by atoms with Crippen molar-refractivity contribution in [3.63, 3.8) is 0 Å². The van der Waals surface area contributed by atoms with Gasteiger partial charge in [-0.25, -0.2) is 9.78 Å². The van der Waals surface area contributed by atoms with Crippen LogP contribution in [0.4, 0.5) is 13.2 Å². The third-order valence-corrected chi connectivity index (χ3v) is 6.89. The number of carboxylic acid groups (broad SMARTS) is 1. The van der Waals surface area contributed by atoms with E-state index in [9.17, 15) is 18.0 Å². The Labute approximate surface area is 211 Å². The zero-order chi connectivity index (χ0) is 26.8. The van der Waals surface area contributed by atoms with E-state index in [0.717, 1.165) is 38.3 Å². The van der Waals surface area contributed by atoms with Crippen molar-refractivity contribution in [1.82, 2.24) is 24.5 Å². The number of imidazole rings is 1. The van der Waals surface area contributed by atoms with E-state index in [1.54, 1.807) is 13.0 Å². The number of halogens is 3. The predicted octanol–water partition coefficient (Wildman–Crippen LogP) is 3.95. The first-order valence-corrected chi connectivity index (χ1v) is 12.0. The smallest absolute Gasteiger partial charge is 0.475 e. The summed E-state index contributed by atoms with van der Waals surface area (Å²) in [6, 6.07) is 12.2. The molecule has 1 spiro atoms. The molecule has 0 aliphatic carbocycles. The average molecular weight is 520 g/mol. The molecular formula is C25H28F3N5O4. The van der Waals surface area contributed by atoms with Crippen LogP contribution in [-0.4, -0.2) is 73.8 Å². The van der Waals surface area contributed by atoms with Gasteiger partial charge in [0.1, 0.15) is 11.6 Å². The highest BCUT2D eigenvalue weighted by Crippen LogP contribution is 2.42. The summed E-state index contributed by atoms with van der Waals surface area (Å²) < 4.78 is 39.2. The zero-order valence-corrected chi connectivity index (χ0v) is 20.5. The molecule has 1 saturated heterocycles. The molecule has 12 heteroatoms. The molecule has 2 aromatic heterocycles. The quantitative estimate of drug-likeness (QED) is 0.559. The molecule has 1 N–H and O–H groups in total. The molecule has 0 unspecified atom stereocenters. The Balaban J connectivity index is 0.000000405. The highest BCUT2D eigenvalue weighted by Gasteiger charge is 2.47. The number of carbonyl (C=O) groups excluding carboxylic acids is 1. The number of benzene rings is 1. The van der Waals surface area contributed by atoms with Crippen molar-refractivity contribution in [2.24, 2.45) is 0 Å². The highest BCUT2D eigenvalue weighted by atomic mass is 19.4. The maximum absolute atomic E-state index is 12.8. The van der Waals surface area contributed by atoms with Crippen LogP contribution in [0.1, 0.15) is 41.8 Å². The molecule has 4 heterocycles. The molecule has 1 amide bonds. The highest BCUT2D eigenvalue weighted by molar-refractivity contribution is 5.92. The van der Waals surface area contributed by atoms with E-state index in [-0.39, 0.29) is 11.4 Å². The van der Waals surface area contributed by atoms with Gasteiger partial charge in [0.2, 0.25) is 0 Å². The molecule has 1 aromatic carbocycles. The number of carbonyl (C=O) groups is 2. The number of amides is 1. The number of nitrogens with zero attached hydrogens (tertiary/aromatic N) is 5. The first kappa shape index (κ1) is 26.4. The zero-order valence-electron chi connectivity index (χ0n) is 20.5. The lowest BCUT2D eigenvalue weighted by molar-refractivity contribution is -0.192. The third kappa shape index (κ3) is 5.24. The molecule has 0 radical (unpaired) electrons. The van der Waals surface area contributed by atoms with Crippen molar-refractivity contribution in [2.75, 3.05) is 26.2 Å². The van der Waals surface area contributed by atoms with Crippen molar-refractivity contribution in [2.45, 2.75) is 44.9 Å². The van der Waals surface area contributed by atoms with E-state index < -0.39 is 12.1 Å². The van der Waals surface area contributed by atoms with Crippen LogP contribution in [-0.2, 0) is 16.9 Å². The maximum Gasteiger partial charge on any atom is 0.490 e. The molecule has 5 rings (SSSR count). The van der Waals surface area contributed by atoms with Crippen LogP contribution in [0.25, 0.3) is 11.3 Å². The Hall–Kier alpha value is -3.67. The van der Waals surface area contributed by atoms with Gasteiger partial charge in [-0.15, -0.1) is 0 Å². The first-order chi connectivity index (χ1) is 17.6. The predicted molar refractivity (Wildman–Crippen MR) is 127 cm³/mol. The van der Waals surface area contributed by atoms with E-state index in [1.807, 2.05) is 17.2 Å². The SMILES string of the molecule is CCN1CCn2c(-c3ccccc3)cnc2C12CCN(C(=O)c1cc(C)on1)CC2.O=C(O)C(F)(F)F. The van der Waals surface area contributed by atoms with Gasteiger partial charge in [-0.2, -0.15) is 13.2 Å². The minimum atomic E-state index is -5.08. The number of likely N-dealkylation sites (tertiary alicyclic amines) is 1. The Morgan fingerprint density at radius 2 is 1.76 bits per heavy atom. The minimum absolute atomic E-state index is 0.0473. The van der Waals surface area contributed by atoms with Crippen LogP contribution in [0.2, 0.25) is 0 Å². The number of aryl methyl sites for hydroxylation is 1. The van der Waals surface area contributed by atoms with E-state index in [0.29, 0.717) is 24.5 Å². The van der Waals surface area contributed by atoms with Gasteiger partial charge < -0.3 is 19.1 Å². The van der Waals surface area contributed by atoms with Gasteiger partial charge in [-0.05, 0) is 31.9 Å². The minimum Gasteiger partial charge on any atom is -0.475 e. The van der Waals surface area contributed by atoms with Crippen LogP contribution < -0.4 is 0 Å². The van der Waals surface area contributed by atoms with E-state index in [2.05, 4.69) is 45.8 Å². The van der Waals surface area contributed by atoms with Crippen molar-refractivity contribution in [1.29, 1.82) is 0 Å². The summed E-state index contributed by atoms with van der Waals surface area (Å²) >= 11 is 0. The van der Waals surface area contributed by atoms with E-state index >= 15 is 0 Å². The summed E-state index contributed by atoms with van der Waals surface area (Å²) in [5.41, 5.74) is 2.64. The number of alkyl halides is 3. The van der Waals surface area contributed by atoms with E-state index in [1.165, 1.54) is 11.3 Å². The third-order valence-electron chi connectivity index (χ3n) is 6.89. The van der Waals surface area contributed by atoms with Crippen molar-refractivity contribution in [3.05, 3.63) is 59.9 Å². The molecule has 0 atom stereocenters. The molecule has 1 fully saturated rings. The second kappa shape index (κ2) is 10.4. The number of aromatic nitrogens is 3. The van der Waals surface area contributed by atoms with Gasteiger partial charge in [-0.3, -0.25) is 9.69 Å². The largest absolute Gasteiger partial charge is 0.490 e. The fourth-order valence-electron chi connectivity index (χ4n) is 5.10. The number of hydrogen-bond donors (Lipinski definition) is 1. The Morgan fingerprint density at radius 1 is 1.11 bits per heavy atom. The van der Waals surface area contributed by atoms with Crippen LogP contribution in [0.15, 0.2) is 47.1 Å². The van der Waals surface area contributed by atoms with Gasteiger partial charge >= 0.3 is 12.1 Å².